The van der Waals surface area contributed by atoms with Crippen molar-refractivity contribution in [3.8, 4) is 11.1 Å². The number of hydrogen-bond donors (Lipinski definition) is 2. The summed E-state index contributed by atoms with van der Waals surface area (Å²) in [6.07, 6.45) is -0.605. The molecule has 1 aliphatic heterocycles. The normalized spacial score (nSPS) is 20.7. The average Bonchev–Trinajstić information content (AvgIpc) is 3.28. The second kappa shape index (κ2) is 7.40. The van der Waals surface area contributed by atoms with Gasteiger partial charge in [-0.25, -0.2) is 4.79 Å². The number of rotatable bonds is 5. The highest BCUT2D eigenvalue weighted by Crippen LogP contribution is 2.44. The van der Waals surface area contributed by atoms with Crippen LogP contribution in [0.5, 0.6) is 0 Å². The van der Waals surface area contributed by atoms with Gasteiger partial charge < -0.3 is 19.9 Å². The highest BCUT2D eigenvalue weighted by atomic mass is 16.5. The van der Waals surface area contributed by atoms with E-state index in [1.807, 2.05) is 24.3 Å². The molecule has 2 aromatic rings. The fourth-order valence-electron chi connectivity index (χ4n) is 3.97. The molecule has 6 heteroatoms. The summed E-state index contributed by atoms with van der Waals surface area (Å²) in [7, 11) is 0. The number of fused-ring (bicyclic) bond motifs is 3. The van der Waals surface area contributed by atoms with Crippen LogP contribution in [0.4, 0.5) is 4.79 Å². The van der Waals surface area contributed by atoms with E-state index in [-0.39, 0.29) is 19.1 Å². The number of carboxylic acids is 1. The van der Waals surface area contributed by atoms with Crippen molar-refractivity contribution in [1.82, 2.24) is 5.32 Å². The summed E-state index contributed by atoms with van der Waals surface area (Å²) in [5, 5.41) is 11.8. The molecule has 1 aliphatic carbocycles. The van der Waals surface area contributed by atoms with Crippen LogP contribution < -0.4 is 5.32 Å². The lowest BCUT2D eigenvalue weighted by atomic mass is 9.98. The van der Waals surface area contributed by atoms with Gasteiger partial charge in [0.05, 0.1) is 12.0 Å². The smallest absolute Gasteiger partial charge is 0.407 e. The topological polar surface area (TPSA) is 84.9 Å². The minimum Gasteiger partial charge on any atom is -0.481 e. The summed E-state index contributed by atoms with van der Waals surface area (Å²) in [5.41, 5.74) is 4.64. The van der Waals surface area contributed by atoms with Gasteiger partial charge in [-0.15, -0.1) is 0 Å². The van der Waals surface area contributed by atoms with Crippen molar-refractivity contribution < 1.29 is 24.2 Å². The molecule has 2 aromatic carbocycles. The van der Waals surface area contributed by atoms with E-state index in [9.17, 15) is 9.59 Å². The molecule has 1 fully saturated rings. The van der Waals surface area contributed by atoms with Gasteiger partial charge in [-0.2, -0.15) is 0 Å². The molecular weight excluding hydrogens is 346 g/mol. The standard InChI is InChI=1S/C21H21NO5/c23-20(24)17-9-10-26-19(17)11-22-21(25)27-12-18-15-7-3-1-5-13(15)14-6-2-4-8-16(14)18/h1-8,17-19H,9-12H2,(H,22,25)(H,23,24)/t17-,19-/m0/s1. The van der Waals surface area contributed by atoms with E-state index in [4.69, 9.17) is 14.6 Å². The Bertz CT molecular complexity index is 820. The predicted molar refractivity (Wildman–Crippen MR) is 98.6 cm³/mol. The van der Waals surface area contributed by atoms with Crippen LogP contribution in [-0.2, 0) is 14.3 Å². The van der Waals surface area contributed by atoms with Gasteiger partial charge in [0.15, 0.2) is 0 Å². The highest BCUT2D eigenvalue weighted by molar-refractivity contribution is 5.79. The lowest BCUT2D eigenvalue weighted by Crippen LogP contribution is -2.38. The first kappa shape index (κ1) is 17.5. The van der Waals surface area contributed by atoms with Crippen LogP contribution in [0.15, 0.2) is 48.5 Å². The molecule has 1 amide bonds. The number of carboxylic acid groups (broad SMARTS) is 1. The highest BCUT2D eigenvalue weighted by Gasteiger charge is 2.34. The molecule has 0 saturated carbocycles. The summed E-state index contributed by atoms with van der Waals surface area (Å²) in [4.78, 5) is 23.3. The van der Waals surface area contributed by atoms with Gasteiger partial charge in [0.2, 0.25) is 0 Å². The van der Waals surface area contributed by atoms with E-state index >= 15 is 0 Å². The molecule has 140 valence electrons. The Labute approximate surface area is 157 Å². The fraction of sp³-hybridized carbons (Fsp3) is 0.333. The van der Waals surface area contributed by atoms with Crippen molar-refractivity contribution in [1.29, 1.82) is 0 Å². The van der Waals surface area contributed by atoms with Crippen LogP contribution in [0.1, 0.15) is 23.5 Å². The van der Waals surface area contributed by atoms with Crippen molar-refractivity contribution in [2.45, 2.75) is 18.4 Å². The van der Waals surface area contributed by atoms with Crippen LogP contribution >= 0.6 is 0 Å². The third-order valence-corrected chi connectivity index (χ3v) is 5.32. The number of ether oxygens (including phenoxy) is 2. The maximum absolute atomic E-state index is 12.1. The molecule has 2 N–H and O–H groups in total. The van der Waals surface area contributed by atoms with Crippen molar-refractivity contribution in [2.24, 2.45) is 5.92 Å². The number of amides is 1. The zero-order chi connectivity index (χ0) is 18.8. The quantitative estimate of drug-likeness (QED) is 0.849. The van der Waals surface area contributed by atoms with Crippen LogP contribution in [0.2, 0.25) is 0 Å². The Morgan fingerprint density at radius 2 is 1.70 bits per heavy atom. The Hall–Kier alpha value is -2.86. The van der Waals surface area contributed by atoms with Gasteiger partial charge in [0.25, 0.3) is 0 Å². The minimum absolute atomic E-state index is 0.00218. The fourth-order valence-corrected chi connectivity index (χ4v) is 3.97. The maximum atomic E-state index is 12.1. The number of nitrogens with one attached hydrogen (secondary N) is 1. The van der Waals surface area contributed by atoms with E-state index in [0.29, 0.717) is 13.0 Å². The summed E-state index contributed by atoms with van der Waals surface area (Å²) in [5.74, 6) is -1.48. The van der Waals surface area contributed by atoms with Gasteiger partial charge in [-0.05, 0) is 28.7 Å². The maximum Gasteiger partial charge on any atom is 0.407 e. The van der Waals surface area contributed by atoms with Crippen LogP contribution in [0.3, 0.4) is 0 Å². The molecule has 1 saturated heterocycles. The third kappa shape index (κ3) is 3.40. The lowest BCUT2D eigenvalue weighted by Gasteiger charge is -2.17. The molecule has 0 unspecified atom stereocenters. The molecular formula is C21H21NO5. The van der Waals surface area contributed by atoms with Gasteiger partial charge in [-0.1, -0.05) is 48.5 Å². The molecule has 0 aromatic heterocycles. The molecule has 0 spiro atoms. The second-order valence-corrected chi connectivity index (χ2v) is 6.85. The molecule has 2 aliphatic rings. The largest absolute Gasteiger partial charge is 0.481 e. The summed E-state index contributed by atoms with van der Waals surface area (Å²) in [6.45, 7) is 0.759. The van der Waals surface area contributed by atoms with Crippen molar-refractivity contribution in [2.75, 3.05) is 19.8 Å². The molecule has 0 bridgehead atoms. The van der Waals surface area contributed by atoms with Gasteiger partial charge in [0, 0.05) is 19.1 Å². The van der Waals surface area contributed by atoms with E-state index < -0.39 is 24.1 Å². The van der Waals surface area contributed by atoms with Gasteiger partial charge >= 0.3 is 12.1 Å². The number of alkyl carbamates (subject to hydrolysis) is 1. The molecule has 1 heterocycles. The summed E-state index contributed by atoms with van der Waals surface area (Å²) in [6, 6.07) is 16.3. The number of carbonyl (C=O) groups excluding carboxylic acids is 1. The number of carbonyl (C=O) groups is 2. The van der Waals surface area contributed by atoms with E-state index in [0.717, 1.165) is 11.1 Å². The number of hydrogen-bond acceptors (Lipinski definition) is 4. The molecule has 2 atom stereocenters. The SMILES string of the molecule is O=C(NC[C@@H]1OCC[C@@H]1C(=O)O)OCC1c2ccccc2-c2ccccc21. The zero-order valence-electron chi connectivity index (χ0n) is 14.8. The van der Waals surface area contributed by atoms with Crippen LogP contribution in [0, 0.1) is 5.92 Å². The van der Waals surface area contributed by atoms with Gasteiger partial charge in [-0.3, -0.25) is 4.79 Å². The summed E-state index contributed by atoms with van der Waals surface area (Å²) < 4.78 is 10.8. The first-order valence-electron chi connectivity index (χ1n) is 9.08. The zero-order valence-corrected chi connectivity index (χ0v) is 14.8. The average molecular weight is 367 g/mol. The van der Waals surface area contributed by atoms with E-state index in [2.05, 4.69) is 29.6 Å². The number of benzene rings is 2. The molecule has 6 nitrogen and oxygen atoms in total. The Balaban J connectivity index is 1.37. The molecule has 4 rings (SSSR count). The van der Waals surface area contributed by atoms with Crippen molar-refractivity contribution >= 4 is 12.1 Å². The first-order valence-corrected chi connectivity index (χ1v) is 9.08. The van der Waals surface area contributed by atoms with E-state index in [1.165, 1.54) is 11.1 Å². The second-order valence-electron chi connectivity index (χ2n) is 6.85. The van der Waals surface area contributed by atoms with Crippen molar-refractivity contribution in [3.63, 3.8) is 0 Å². The lowest BCUT2D eigenvalue weighted by molar-refractivity contribution is -0.143. The van der Waals surface area contributed by atoms with Crippen LogP contribution in [0.25, 0.3) is 11.1 Å². The Kier molecular flexibility index (Phi) is 4.81. The number of aliphatic carboxylic acids is 1. The summed E-state index contributed by atoms with van der Waals surface area (Å²) >= 11 is 0. The first-order chi connectivity index (χ1) is 13.1. The Morgan fingerprint density at radius 1 is 1.07 bits per heavy atom. The predicted octanol–water partition coefficient (Wildman–Crippen LogP) is 3.01. The molecule has 27 heavy (non-hydrogen) atoms. The van der Waals surface area contributed by atoms with E-state index in [1.54, 1.807) is 0 Å². The Morgan fingerprint density at radius 3 is 2.33 bits per heavy atom. The van der Waals surface area contributed by atoms with Crippen molar-refractivity contribution in [3.05, 3.63) is 59.7 Å². The minimum atomic E-state index is -0.896. The van der Waals surface area contributed by atoms with Crippen LogP contribution in [-0.4, -0.2) is 43.0 Å². The molecule has 0 radical (unpaired) electrons. The monoisotopic (exact) mass is 367 g/mol. The third-order valence-electron chi connectivity index (χ3n) is 5.32. The van der Waals surface area contributed by atoms with Gasteiger partial charge in [0.1, 0.15) is 6.61 Å².